The number of ether oxygens (including phenoxy) is 1. The Labute approximate surface area is 84.3 Å². The summed E-state index contributed by atoms with van der Waals surface area (Å²) >= 11 is 0. The van der Waals surface area contributed by atoms with E-state index >= 15 is 0 Å². The summed E-state index contributed by atoms with van der Waals surface area (Å²) in [7, 11) is 0. The molecule has 2 N–H and O–H groups in total. The van der Waals surface area contributed by atoms with Crippen LogP contribution in [0.3, 0.4) is 0 Å². The van der Waals surface area contributed by atoms with E-state index in [1.54, 1.807) is 0 Å². The maximum absolute atomic E-state index is 11.7. The van der Waals surface area contributed by atoms with E-state index in [0.717, 1.165) is 12.8 Å². The van der Waals surface area contributed by atoms with E-state index in [4.69, 9.17) is 10.5 Å². The fourth-order valence-corrected chi connectivity index (χ4v) is 2.60. The van der Waals surface area contributed by atoms with E-state index in [9.17, 15) is 4.79 Å². The van der Waals surface area contributed by atoms with E-state index in [0.29, 0.717) is 18.4 Å². The molecule has 3 rings (SSSR count). The smallest absolute Gasteiger partial charge is 0.311 e. The van der Waals surface area contributed by atoms with Crippen LogP contribution >= 0.6 is 0 Å². The highest BCUT2D eigenvalue weighted by Crippen LogP contribution is 2.40. The van der Waals surface area contributed by atoms with E-state index in [2.05, 4.69) is 12.2 Å². The largest absolute Gasteiger partial charge is 0.466 e. The average Bonchev–Trinajstić information content (AvgIpc) is 2.19. The zero-order chi connectivity index (χ0) is 10.1. The molecular weight excluding hydrogens is 178 g/mol. The lowest BCUT2D eigenvalue weighted by atomic mass is 9.66. The number of hydrogen-bond donors (Lipinski definition) is 1. The van der Waals surface area contributed by atoms with Gasteiger partial charge in [0.05, 0.1) is 12.5 Å². The first-order valence-electron chi connectivity index (χ1n) is 5.34. The third-order valence-corrected chi connectivity index (χ3v) is 3.37. The minimum atomic E-state index is -0.112. The molecule has 3 aliphatic carbocycles. The fourth-order valence-electron chi connectivity index (χ4n) is 2.60. The average molecular weight is 195 g/mol. The molecule has 0 amide bonds. The molecule has 0 aromatic heterocycles. The van der Waals surface area contributed by atoms with Gasteiger partial charge in [0, 0.05) is 6.04 Å². The summed E-state index contributed by atoms with van der Waals surface area (Å²) in [4.78, 5) is 11.7. The number of esters is 1. The van der Waals surface area contributed by atoms with Crippen LogP contribution in [0, 0.1) is 17.8 Å². The highest BCUT2D eigenvalue weighted by atomic mass is 16.5. The molecule has 0 aliphatic heterocycles. The SMILES string of the molecule is CCOC(=O)[C@@H]1[C@H](N)[C@H]2C=C[C@@H]1CC2. The topological polar surface area (TPSA) is 52.3 Å². The lowest BCUT2D eigenvalue weighted by molar-refractivity contribution is -0.152. The highest BCUT2D eigenvalue weighted by molar-refractivity contribution is 5.74. The summed E-state index contributed by atoms with van der Waals surface area (Å²) in [6, 6.07) is -0.0298. The molecule has 1 fully saturated rings. The van der Waals surface area contributed by atoms with Crippen molar-refractivity contribution in [3.8, 4) is 0 Å². The molecule has 0 radical (unpaired) electrons. The summed E-state index contributed by atoms with van der Waals surface area (Å²) in [6.07, 6.45) is 6.50. The van der Waals surface area contributed by atoms with Crippen LogP contribution in [0.25, 0.3) is 0 Å². The Balaban J connectivity index is 2.12. The Morgan fingerprint density at radius 1 is 1.43 bits per heavy atom. The van der Waals surface area contributed by atoms with E-state index in [1.165, 1.54) is 0 Å². The number of carbonyl (C=O) groups is 1. The van der Waals surface area contributed by atoms with Crippen LogP contribution < -0.4 is 5.73 Å². The standard InChI is InChI=1S/C11H17NO2/c1-2-14-11(13)9-7-3-5-8(6-4-7)10(9)12/h3,5,7-10H,2,4,6,12H2,1H3/t7-,8+,9+,10-/m1/s1. The van der Waals surface area contributed by atoms with Crippen molar-refractivity contribution in [3.63, 3.8) is 0 Å². The van der Waals surface area contributed by atoms with E-state index < -0.39 is 0 Å². The van der Waals surface area contributed by atoms with Crippen molar-refractivity contribution in [2.75, 3.05) is 6.61 Å². The van der Waals surface area contributed by atoms with Gasteiger partial charge in [0.25, 0.3) is 0 Å². The molecule has 78 valence electrons. The first-order chi connectivity index (χ1) is 6.74. The van der Waals surface area contributed by atoms with Gasteiger partial charge in [0.15, 0.2) is 0 Å². The molecule has 0 spiro atoms. The van der Waals surface area contributed by atoms with Gasteiger partial charge >= 0.3 is 5.97 Å². The van der Waals surface area contributed by atoms with Gasteiger partial charge in [-0.15, -0.1) is 0 Å². The Kier molecular flexibility index (Phi) is 2.59. The molecule has 0 unspecified atom stereocenters. The number of rotatable bonds is 2. The molecule has 4 atom stereocenters. The third-order valence-electron chi connectivity index (χ3n) is 3.37. The molecule has 0 saturated heterocycles. The molecule has 2 bridgehead atoms. The summed E-state index contributed by atoms with van der Waals surface area (Å²) in [5.41, 5.74) is 6.04. The molecule has 3 nitrogen and oxygen atoms in total. The number of allylic oxidation sites excluding steroid dienone is 1. The first kappa shape index (κ1) is 9.71. The van der Waals surface area contributed by atoms with Crippen molar-refractivity contribution >= 4 is 5.97 Å². The van der Waals surface area contributed by atoms with Crippen LogP contribution in [0.1, 0.15) is 19.8 Å². The summed E-state index contributed by atoms with van der Waals surface area (Å²) in [5.74, 6) is 0.487. The molecule has 3 heteroatoms. The second-order valence-electron chi connectivity index (χ2n) is 4.15. The van der Waals surface area contributed by atoms with Crippen LogP contribution in [0.4, 0.5) is 0 Å². The maximum Gasteiger partial charge on any atom is 0.311 e. The second-order valence-corrected chi connectivity index (χ2v) is 4.15. The van der Waals surface area contributed by atoms with Gasteiger partial charge < -0.3 is 10.5 Å². The zero-order valence-corrected chi connectivity index (χ0v) is 8.48. The van der Waals surface area contributed by atoms with Gasteiger partial charge in [0.1, 0.15) is 0 Å². The highest BCUT2D eigenvalue weighted by Gasteiger charge is 2.43. The van der Waals surface area contributed by atoms with Crippen molar-refractivity contribution in [2.24, 2.45) is 23.5 Å². The molecule has 3 aliphatic rings. The van der Waals surface area contributed by atoms with Crippen LogP contribution in [0.15, 0.2) is 12.2 Å². The maximum atomic E-state index is 11.7. The molecule has 14 heavy (non-hydrogen) atoms. The van der Waals surface area contributed by atoms with Crippen molar-refractivity contribution in [1.82, 2.24) is 0 Å². The van der Waals surface area contributed by atoms with Crippen molar-refractivity contribution in [2.45, 2.75) is 25.8 Å². The number of carbonyl (C=O) groups excluding carboxylic acids is 1. The molecule has 0 aromatic carbocycles. The number of hydrogen-bond acceptors (Lipinski definition) is 3. The van der Waals surface area contributed by atoms with Crippen LogP contribution in [-0.2, 0) is 9.53 Å². The summed E-state index contributed by atoms with van der Waals surface area (Å²) in [5, 5.41) is 0. The van der Waals surface area contributed by atoms with Crippen LogP contribution in [-0.4, -0.2) is 18.6 Å². The Hall–Kier alpha value is -0.830. The van der Waals surface area contributed by atoms with Crippen molar-refractivity contribution in [1.29, 1.82) is 0 Å². The quantitative estimate of drug-likeness (QED) is 0.530. The molecule has 0 heterocycles. The lowest BCUT2D eigenvalue weighted by Crippen LogP contribution is -2.50. The van der Waals surface area contributed by atoms with Crippen molar-refractivity contribution in [3.05, 3.63) is 12.2 Å². The molecule has 0 aromatic rings. The monoisotopic (exact) mass is 195 g/mol. The van der Waals surface area contributed by atoms with E-state index in [-0.39, 0.29) is 17.9 Å². The predicted octanol–water partition coefficient (Wildman–Crippen LogP) is 1.09. The predicted molar refractivity (Wildman–Crippen MR) is 53.5 cm³/mol. The minimum Gasteiger partial charge on any atom is -0.466 e. The fraction of sp³-hybridized carbons (Fsp3) is 0.727. The Bertz CT molecular complexity index is 262. The Morgan fingerprint density at radius 3 is 2.57 bits per heavy atom. The second kappa shape index (κ2) is 3.73. The molecule has 1 saturated carbocycles. The van der Waals surface area contributed by atoms with Gasteiger partial charge in [-0.05, 0) is 31.6 Å². The van der Waals surface area contributed by atoms with Gasteiger partial charge in [-0.3, -0.25) is 4.79 Å². The normalized spacial score (nSPS) is 39.9. The first-order valence-corrected chi connectivity index (χ1v) is 5.34. The van der Waals surface area contributed by atoms with Gasteiger partial charge in [0.2, 0.25) is 0 Å². The molecular formula is C11H17NO2. The Morgan fingerprint density at radius 2 is 2.07 bits per heavy atom. The zero-order valence-electron chi connectivity index (χ0n) is 8.48. The number of nitrogens with two attached hydrogens (primary N) is 1. The third kappa shape index (κ3) is 1.46. The van der Waals surface area contributed by atoms with Gasteiger partial charge in [-0.25, -0.2) is 0 Å². The lowest BCUT2D eigenvalue weighted by Gasteiger charge is -2.41. The summed E-state index contributed by atoms with van der Waals surface area (Å²) in [6.45, 7) is 2.28. The van der Waals surface area contributed by atoms with Crippen molar-refractivity contribution < 1.29 is 9.53 Å². The van der Waals surface area contributed by atoms with Crippen LogP contribution in [0.5, 0.6) is 0 Å². The van der Waals surface area contributed by atoms with Gasteiger partial charge in [-0.2, -0.15) is 0 Å². The van der Waals surface area contributed by atoms with E-state index in [1.807, 2.05) is 6.92 Å². The minimum absolute atomic E-state index is 0.0298. The number of fused-ring (bicyclic) bond motifs is 2. The summed E-state index contributed by atoms with van der Waals surface area (Å²) < 4.78 is 5.05. The van der Waals surface area contributed by atoms with Crippen LogP contribution in [0.2, 0.25) is 0 Å². The van der Waals surface area contributed by atoms with Gasteiger partial charge in [-0.1, -0.05) is 12.2 Å².